The lowest BCUT2D eigenvalue weighted by Gasteiger charge is -2.13. The Hall–Kier alpha value is -2.45. The molecule has 0 bridgehead atoms. The molecule has 2 rings (SSSR count). The number of hydrogen-bond acceptors (Lipinski definition) is 4. The van der Waals surface area contributed by atoms with Gasteiger partial charge >= 0.3 is 0 Å². The van der Waals surface area contributed by atoms with Crippen LogP contribution in [0.1, 0.15) is 25.3 Å². The first-order valence-electron chi connectivity index (χ1n) is 9.61. The SMILES string of the molecule is CCCCOCCOCCNC(=NC)NCc1ccc(-n2ccnc2)c(F)c1. The zero-order chi connectivity index (χ0) is 20.0. The molecular formula is C20H30FN5O2. The van der Waals surface area contributed by atoms with Crippen LogP contribution in [-0.4, -0.2) is 55.5 Å². The van der Waals surface area contributed by atoms with Gasteiger partial charge in [0.2, 0.25) is 0 Å². The van der Waals surface area contributed by atoms with Crippen LogP contribution < -0.4 is 10.6 Å². The van der Waals surface area contributed by atoms with Crippen molar-refractivity contribution >= 4 is 5.96 Å². The van der Waals surface area contributed by atoms with E-state index in [1.807, 2.05) is 6.07 Å². The molecule has 0 unspecified atom stereocenters. The van der Waals surface area contributed by atoms with Crippen molar-refractivity contribution in [3.05, 3.63) is 48.3 Å². The van der Waals surface area contributed by atoms with Crippen molar-refractivity contribution in [1.82, 2.24) is 20.2 Å². The van der Waals surface area contributed by atoms with Gasteiger partial charge in [0.15, 0.2) is 5.96 Å². The van der Waals surface area contributed by atoms with Gasteiger partial charge in [-0.15, -0.1) is 0 Å². The van der Waals surface area contributed by atoms with Crippen molar-refractivity contribution in [3.63, 3.8) is 0 Å². The number of guanidine groups is 1. The Balaban J connectivity index is 1.65. The van der Waals surface area contributed by atoms with E-state index in [-0.39, 0.29) is 5.82 Å². The fourth-order valence-electron chi connectivity index (χ4n) is 2.49. The molecule has 1 aromatic heterocycles. The molecule has 8 heteroatoms. The number of hydrogen-bond donors (Lipinski definition) is 2. The number of nitrogens with one attached hydrogen (secondary N) is 2. The topological polar surface area (TPSA) is 72.7 Å². The number of aliphatic imine (C=N–C) groups is 1. The zero-order valence-electron chi connectivity index (χ0n) is 16.7. The van der Waals surface area contributed by atoms with Gasteiger partial charge in [-0.1, -0.05) is 19.4 Å². The van der Waals surface area contributed by atoms with Gasteiger partial charge in [-0.2, -0.15) is 0 Å². The van der Waals surface area contributed by atoms with Crippen LogP contribution in [0.5, 0.6) is 0 Å². The average Bonchev–Trinajstić information content (AvgIpc) is 3.23. The molecule has 0 aliphatic carbocycles. The maximum atomic E-state index is 14.3. The van der Waals surface area contributed by atoms with E-state index < -0.39 is 0 Å². The molecule has 7 nitrogen and oxygen atoms in total. The summed E-state index contributed by atoms with van der Waals surface area (Å²) in [5.41, 5.74) is 1.30. The summed E-state index contributed by atoms with van der Waals surface area (Å²) >= 11 is 0. The molecule has 0 aliphatic heterocycles. The molecule has 1 heterocycles. The lowest BCUT2D eigenvalue weighted by Crippen LogP contribution is -2.38. The number of halogens is 1. The van der Waals surface area contributed by atoms with E-state index in [0.29, 0.717) is 44.6 Å². The van der Waals surface area contributed by atoms with Crippen LogP contribution in [0.25, 0.3) is 5.69 Å². The summed E-state index contributed by atoms with van der Waals surface area (Å²) in [5.74, 6) is 0.344. The quantitative estimate of drug-likeness (QED) is 0.330. The van der Waals surface area contributed by atoms with E-state index in [9.17, 15) is 4.39 Å². The Bertz CT molecular complexity index is 707. The second-order valence-electron chi connectivity index (χ2n) is 6.19. The largest absolute Gasteiger partial charge is 0.379 e. The van der Waals surface area contributed by atoms with E-state index in [4.69, 9.17) is 9.47 Å². The lowest BCUT2D eigenvalue weighted by molar-refractivity contribution is 0.0487. The minimum atomic E-state index is -0.296. The molecule has 0 radical (unpaired) electrons. The van der Waals surface area contributed by atoms with E-state index in [0.717, 1.165) is 25.0 Å². The highest BCUT2D eigenvalue weighted by atomic mass is 19.1. The van der Waals surface area contributed by atoms with Gasteiger partial charge in [0.25, 0.3) is 0 Å². The number of benzene rings is 1. The normalized spacial score (nSPS) is 11.6. The highest BCUT2D eigenvalue weighted by molar-refractivity contribution is 5.79. The number of nitrogens with zero attached hydrogens (tertiary/aromatic N) is 3. The summed E-state index contributed by atoms with van der Waals surface area (Å²) in [6.45, 7) is 5.78. The number of unbranched alkanes of at least 4 members (excludes halogenated alkanes) is 1. The molecule has 154 valence electrons. The maximum absolute atomic E-state index is 14.3. The monoisotopic (exact) mass is 391 g/mol. The third kappa shape index (κ3) is 7.66. The van der Waals surface area contributed by atoms with Crippen LogP contribution in [0.15, 0.2) is 41.9 Å². The Morgan fingerprint density at radius 3 is 2.68 bits per heavy atom. The van der Waals surface area contributed by atoms with Crippen molar-refractivity contribution < 1.29 is 13.9 Å². The highest BCUT2D eigenvalue weighted by Crippen LogP contribution is 2.14. The van der Waals surface area contributed by atoms with Gasteiger partial charge in [-0.3, -0.25) is 4.99 Å². The van der Waals surface area contributed by atoms with Gasteiger partial charge in [-0.05, 0) is 24.1 Å². The smallest absolute Gasteiger partial charge is 0.191 e. The molecule has 0 saturated carbocycles. The van der Waals surface area contributed by atoms with Gasteiger partial charge in [0, 0.05) is 39.1 Å². The van der Waals surface area contributed by atoms with Crippen LogP contribution >= 0.6 is 0 Å². The lowest BCUT2D eigenvalue weighted by atomic mass is 10.2. The van der Waals surface area contributed by atoms with E-state index in [1.54, 1.807) is 36.4 Å². The van der Waals surface area contributed by atoms with E-state index in [2.05, 4.69) is 27.5 Å². The summed E-state index contributed by atoms with van der Waals surface area (Å²) in [6.07, 6.45) is 7.12. The Morgan fingerprint density at radius 2 is 2.00 bits per heavy atom. The summed E-state index contributed by atoms with van der Waals surface area (Å²) in [6, 6.07) is 5.12. The molecule has 0 amide bonds. The number of imidazole rings is 1. The van der Waals surface area contributed by atoms with Crippen molar-refractivity contribution in [3.8, 4) is 5.69 Å². The predicted octanol–water partition coefficient (Wildman–Crippen LogP) is 2.51. The molecule has 28 heavy (non-hydrogen) atoms. The first-order chi connectivity index (χ1) is 13.7. The fourth-order valence-corrected chi connectivity index (χ4v) is 2.49. The van der Waals surface area contributed by atoms with Gasteiger partial charge in [0.05, 0.1) is 31.8 Å². The number of rotatable bonds is 12. The summed E-state index contributed by atoms with van der Waals surface area (Å²) in [4.78, 5) is 8.10. The van der Waals surface area contributed by atoms with Gasteiger partial charge in [0.1, 0.15) is 5.82 Å². The average molecular weight is 391 g/mol. The molecule has 1 aromatic carbocycles. The van der Waals surface area contributed by atoms with Crippen molar-refractivity contribution in [2.24, 2.45) is 4.99 Å². The Morgan fingerprint density at radius 1 is 1.18 bits per heavy atom. The molecule has 0 aliphatic rings. The second kappa shape index (κ2) is 12.9. The standard InChI is InChI=1S/C20H30FN5O2/c1-3-4-10-27-12-13-28-11-8-24-20(22-2)25-15-17-5-6-19(18(21)14-17)26-9-7-23-16-26/h5-7,9,14,16H,3-4,8,10-13,15H2,1-2H3,(H2,22,24,25). The molecule has 0 atom stereocenters. The molecule has 2 aromatic rings. The third-order valence-corrected chi connectivity index (χ3v) is 4.03. The minimum Gasteiger partial charge on any atom is -0.379 e. The highest BCUT2D eigenvalue weighted by Gasteiger charge is 2.06. The second-order valence-corrected chi connectivity index (χ2v) is 6.19. The van der Waals surface area contributed by atoms with Crippen LogP contribution in [0, 0.1) is 5.82 Å². The van der Waals surface area contributed by atoms with E-state index in [1.165, 1.54) is 6.07 Å². The Labute approximate surface area is 166 Å². The van der Waals surface area contributed by atoms with Gasteiger partial charge in [-0.25, -0.2) is 9.37 Å². The molecule has 0 saturated heterocycles. The van der Waals surface area contributed by atoms with Crippen molar-refractivity contribution in [2.75, 3.05) is 40.0 Å². The number of ether oxygens (including phenoxy) is 2. The van der Waals surface area contributed by atoms with E-state index >= 15 is 0 Å². The van der Waals surface area contributed by atoms with Crippen LogP contribution in [0.4, 0.5) is 4.39 Å². The first-order valence-corrected chi connectivity index (χ1v) is 9.61. The van der Waals surface area contributed by atoms with Gasteiger partial charge < -0.3 is 24.7 Å². The zero-order valence-corrected chi connectivity index (χ0v) is 16.7. The summed E-state index contributed by atoms with van der Waals surface area (Å²) < 4.78 is 26.9. The predicted molar refractivity (Wildman–Crippen MR) is 108 cm³/mol. The van der Waals surface area contributed by atoms with Crippen LogP contribution in [0.2, 0.25) is 0 Å². The fraction of sp³-hybridized carbons (Fsp3) is 0.500. The van der Waals surface area contributed by atoms with Crippen LogP contribution in [0.3, 0.4) is 0 Å². The molecule has 0 fully saturated rings. The summed E-state index contributed by atoms with van der Waals surface area (Å²) in [7, 11) is 1.69. The number of aromatic nitrogens is 2. The molecular weight excluding hydrogens is 361 g/mol. The van der Waals surface area contributed by atoms with Crippen molar-refractivity contribution in [1.29, 1.82) is 0 Å². The summed E-state index contributed by atoms with van der Waals surface area (Å²) in [5, 5.41) is 6.33. The molecule has 2 N–H and O–H groups in total. The Kier molecular flexibility index (Phi) is 10.0. The first kappa shape index (κ1) is 21.8. The minimum absolute atomic E-state index is 0.296. The molecule has 0 spiro atoms. The maximum Gasteiger partial charge on any atom is 0.191 e. The van der Waals surface area contributed by atoms with Crippen LogP contribution in [-0.2, 0) is 16.0 Å². The van der Waals surface area contributed by atoms with Crippen molar-refractivity contribution in [2.45, 2.75) is 26.3 Å². The third-order valence-electron chi connectivity index (χ3n) is 4.03.